The van der Waals surface area contributed by atoms with Gasteiger partial charge in [0.25, 0.3) is 5.56 Å². The predicted octanol–water partition coefficient (Wildman–Crippen LogP) is 0.125. The van der Waals surface area contributed by atoms with Crippen LogP contribution in [-0.2, 0) is 6.54 Å². The lowest BCUT2D eigenvalue weighted by atomic mass is 9.77. The van der Waals surface area contributed by atoms with Gasteiger partial charge in [-0.05, 0) is 23.2 Å². The second kappa shape index (κ2) is 5.51. The van der Waals surface area contributed by atoms with Crippen LogP contribution in [0, 0.1) is 0 Å². The molecule has 3 rings (SSSR count). The summed E-state index contributed by atoms with van der Waals surface area (Å²) >= 11 is 0. The summed E-state index contributed by atoms with van der Waals surface area (Å²) in [5.41, 5.74) is 1.56. The molecule has 5 nitrogen and oxygen atoms in total. The highest BCUT2D eigenvalue weighted by atomic mass is 16.4. The normalized spacial score (nSPS) is 10.8. The second-order valence-corrected chi connectivity index (χ2v) is 4.77. The van der Waals surface area contributed by atoms with Gasteiger partial charge in [0, 0.05) is 0 Å². The number of benzene rings is 2. The first-order valence-corrected chi connectivity index (χ1v) is 6.55. The van der Waals surface area contributed by atoms with Crippen molar-refractivity contribution < 1.29 is 10.0 Å². The van der Waals surface area contributed by atoms with Crippen molar-refractivity contribution in [3.8, 4) is 0 Å². The standard InChI is InChI=1S/C15H13BN2O3/c19-15-12-6-2-4-8-14(12)17-10-18(15)9-11-5-1-3-7-13(11)16(20)21/h1-8,10,20-21H,9H2. The molecule has 0 saturated heterocycles. The Balaban J connectivity index is 2.07. The molecule has 0 unspecified atom stereocenters. The fraction of sp³-hybridized carbons (Fsp3) is 0.0667. The first-order valence-electron chi connectivity index (χ1n) is 6.55. The van der Waals surface area contributed by atoms with E-state index in [-0.39, 0.29) is 12.1 Å². The molecule has 104 valence electrons. The molecule has 0 aliphatic carbocycles. The molecule has 1 heterocycles. The fourth-order valence-electron chi connectivity index (χ4n) is 2.33. The number of rotatable bonds is 3. The molecule has 0 bridgehead atoms. The van der Waals surface area contributed by atoms with E-state index in [2.05, 4.69) is 4.98 Å². The van der Waals surface area contributed by atoms with Crippen LogP contribution in [0.3, 0.4) is 0 Å². The Kier molecular flexibility index (Phi) is 3.56. The molecule has 2 N–H and O–H groups in total. The van der Waals surface area contributed by atoms with Gasteiger partial charge < -0.3 is 10.0 Å². The van der Waals surface area contributed by atoms with E-state index in [4.69, 9.17) is 0 Å². The molecule has 6 heteroatoms. The lowest BCUT2D eigenvalue weighted by molar-refractivity contribution is 0.425. The highest BCUT2D eigenvalue weighted by Gasteiger charge is 2.15. The third kappa shape index (κ3) is 2.59. The zero-order chi connectivity index (χ0) is 14.8. The summed E-state index contributed by atoms with van der Waals surface area (Å²) in [6, 6.07) is 14.0. The SMILES string of the molecule is O=c1c2ccccc2ncn1Cc1ccccc1B(O)O. The number of nitrogens with zero attached hydrogens (tertiary/aromatic N) is 2. The first kappa shape index (κ1) is 13.5. The molecule has 0 amide bonds. The van der Waals surface area contributed by atoms with Gasteiger partial charge >= 0.3 is 7.12 Å². The van der Waals surface area contributed by atoms with E-state index in [0.717, 1.165) is 0 Å². The number of aromatic nitrogens is 2. The topological polar surface area (TPSA) is 75.4 Å². The summed E-state index contributed by atoms with van der Waals surface area (Å²) in [7, 11) is -1.56. The highest BCUT2D eigenvalue weighted by molar-refractivity contribution is 6.59. The number of fused-ring (bicyclic) bond motifs is 1. The lowest BCUT2D eigenvalue weighted by Gasteiger charge is -2.11. The Morgan fingerprint density at radius 2 is 1.76 bits per heavy atom. The first-order chi connectivity index (χ1) is 10.2. The molecule has 0 fully saturated rings. The summed E-state index contributed by atoms with van der Waals surface area (Å²) in [6.07, 6.45) is 1.48. The van der Waals surface area contributed by atoms with Gasteiger partial charge in [-0.25, -0.2) is 4.98 Å². The van der Waals surface area contributed by atoms with Crippen molar-refractivity contribution in [2.75, 3.05) is 0 Å². The molecule has 0 spiro atoms. The van der Waals surface area contributed by atoms with Crippen molar-refractivity contribution in [1.29, 1.82) is 0 Å². The number of para-hydroxylation sites is 1. The van der Waals surface area contributed by atoms with Crippen molar-refractivity contribution in [2.24, 2.45) is 0 Å². The Hall–Kier alpha value is -2.44. The van der Waals surface area contributed by atoms with Crippen molar-refractivity contribution in [2.45, 2.75) is 6.54 Å². The molecule has 3 aromatic rings. The molecule has 0 saturated carbocycles. The summed E-state index contributed by atoms with van der Waals surface area (Å²) in [6.45, 7) is 0.241. The van der Waals surface area contributed by atoms with Crippen LogP contribution >= 0.6 is 0 Å². The van der Waals surface area contributed by atoms with E-state index in [1.54, 1.807) is 42.5 Å². The van der Waals surface area contributed by atoms with E-state index < -0.39 is 7.12 Å². The average molecular weight is 280 g/mol. The largest absolute Gasteiger partial charge is 0.488 e. The predicted molar refractivity (Wildman–Crippen MR) is 81.4 cm³/mol. The van der Waals surface area contributed by atoms with Crippen LogP contribution in [0.15, 0.2) is 59.7 Å². The van der Waals surface area contributed by atoms with E-state index >= 15 is 0 Å². The van der Waals surface area contributed by atoms with Crippen molar-refractivity contribution in [1.82, 2.24) is 9.55 Å². The van der Waals surface area contributed by atoms with Crippen molar-refractivity contribution in [3.63, 3.8) is 0 Å². The maximum absolute atomic E-state index is 12.4. The van der Waals surface area contributed by atoms with Gasteiger partial charge in [0.2, 0.25) is 0 Å². The maximum atomic E-state index is 12.4. The summed E-state index contributed by atoms with van der Waals surface area (Å²) in [4.78, 5) is 16.7. The summed E-state index contributed by atoms with van der Waals surface area (Å²) in [5.74, 6) is 0. The van der Waals surface area contributed by atoms with Gasteiger partial charge in [-0.2, -0.15) is 0 Å². The Bertz CT molecular complexity index is 845. The summed E-state index contributed by atoms with van der Waals surface area (Å²) < 4.78 is 1.46. The average Bonchev–Trinajstić information content (AvgIpc) is 2.51. The molecule has 0 aliphatic heterocycles. The zero-order valence-electron chi connectivity index (χ0n) is 11.2. The van der Waals surface area contributed by atoms with E-state index in [1.807, 2.05) is 6.07 Å². The Morgan fingerprint density at radius 3 is 2.57 bits per heavy atom. The molecular formula is C15H13BN2O3. The Morgan fingerprint density at radius 1 is 1.05 bits per heavy atom. The minimum Gasteiger partial charge on any atom is -0.423 e. The van der Waals surface area contributed by atoms with Crippen LogP contribution in [-0.4, -0.2) is 26.7 Å². The van der Waals surface area contributed by atoms with Crippen molar-refractivity contribution in [3.05, 3.63) is 70.8 Å². The van der Waals surface area contributed by atoms with Crippen LogP contribution in [0.5, 0.6) is 0 Å². The fourth-order valence-corrected chi connectivity index (χ4v) is 2.33. The van der Waals surface area contributed by atoms with Gasteiger partial charge in [-0.15, -0.1) is 0 Å². The third-order valence-corrected chi connectivity index (χ3v) is 3.41. The molecular weight excluding hydrogens is 267 g/mol. The second-order valence-electron chi connectivity index (χ2n) is 4.77. The van der Waals surface area contributed by atoms with Gasteiger partial charge in [0.05, 0.1) is 23.8 Å². The van der Waals surface area contributed by atoms with Gasteiger partial charge in [-0.1, -0.05) is 36.4 Å². The van der Waals surface area contributed by atoms with Gasteiger partial charge in [0.15, 0.2) is 0 Å². The summed E-state index contributed by atoms with van der Waals surface area (Å²) in [5, 5.41) is 19.3. The maximum Gasteiger partial charge on any atom is 0.488 e. The molecule has 0 atom stereocenters. The minimum atomic E-state index is -1.56. The van der Waals surface area contributed by atoms with Crippen LogP contribution in [0.4, 0.5) is 0 Å². The van der Waals surface area contributed by atoms with Gasteiger partial charge in [0.1, 0.15) is 0 Å². The smallest absolute Gasteiger partial charge is 0.423 e. The molecule has 1 aromatic heterocycles. The van der Waals surface area contributed by atoms with Gasteiger partial charge in [-0.3, -0.25) is 9.36 Å². The number of hydrogen-bond donors (Lipinski definition) is 2. The lowest BCUT2D eigenvalue weighted by Crippen LogP contribution is -2.34. The quantitative estimate of drug-likeness (QED) is 0.668. The van der Waals surface area contributed by atoms with Crippen LogP contribution < -0.4 is 11.0 Å². The van der Waals surface area contributed by atoms with Crippen LogP contribution in [0.1, 0.15) is 5.56 Å². The molecule has 21 heavy (non-hydrogen) atoms. The van der Waals surface area contributed by atoms with E-state index in [9.17, 15) is 14.8 Å². The minimum absolute atomic E-state index is 0.150. The van der Waals surface area contributed by atoms with E-state index in [1.165, 1.54) is 10.9 Å². The monoisotopic (exact) mass is 280 g/mol. The van der Waals surface area contributed by atoms with Crippen molar-refractivity contribution >= 4 is 23.5 Å². The molecule has 0 aliphatic rings. The molecule has 2 aromatic carbocycles. The van der Waals surface area contributed by atoms with Crippen LogP contribution in [0.2, 0.25) is 0 Å². The molecule has 0 radical (unpaired) electrons. The number of hydrogen-bond acceptors (Lipinski definition) is 4. The van der Waals surface area contributed by atoms with E-state index in [0.29, 0.717) is 21.9 Å². The zero-order valence-corrected chi connectivity index (χ0v) is 11.2. The third-order valence-electron chi connectivity index (χ3n) is 3.41. The van der Waals surface area contributed by atoms with Crippen LogP contribution in [0.25, 0.3) is 10.9 Å². The Labute approximate surface area is 121 Å². The highest BCUT2D eigenvalue weighted by Crippen LogP contribution is 2.06.